The second-order valence-electron chi connectivity index (χ2n) is 3.65. The molecule has 1 aliphatic heterocycles. The zero-order chi connectivity index (χ0) is 12.1. The number of hydrogen-bond acceptors (Lipinski definition) is 7. The van der Waals surface area contributed by atoms with Crippen LogP contribution in [0.2, 0.25) is 0 Å². The van der Waals surface area contributed by atoms with Crippen molar-refractivity contribution in [2.75, 3.05) is 26.0 Å². The van der Waals surface area contributed by atoms with E-state index in [0.717, 1.165) is 0 Å². The minimum absolute atomic E-state index is 0. The van der Waals surface area contributed by atoms with Crippen LogP contribution in [0.25, 0.3) is 0 Å². The first-order valence-corrected chi connectivity index (χ1v) is 5.78. The Morgan fingerprint density at radius 3 is 2.47 bits per heavy atom. The number of rotatable bonds is 5. The second-order valence-corrected chi connectivity index (χ2v) is 4.09. The number of halogens is 1. The van der Waals surface area contributed by atoms with Crippen molar-refractivity contribution in [1.82, 2.24) is 5.32 Å². The van der Waals surface area contributed by atoms with E-state index < -0.39 is 30.6 Å². The molecule has 0 aromatic heterocycles. The lowest BCUT2D eigenvalue weighted by Crippen LogP contribution is -2.64. The molecule has 1 aliphatic rings. The van der Waals surface area contributed by atoms with E-state index in [9.17, 15) is 10.2 Å². The Balaban J connectivity index is 0.00000256. The van der Waals surface area contributed by atoms with Crippen LogP contribution >= 0.6 is 25.0 Å². The molecule has 0 saturated carbocycles. The molecule has 8 heteroatoms. The van der Waals surface area contributed by atoms with Crippen molar-refractivity contribution in [1.29, 1.82) is 0 Å². The number of ether oxygens (including phenoxy) is 2. The standard InChI is InChI=1S/C9H19NO5S.ClH/c1-14-9-8(13)6(10-2-3-16)7(12)5(4-11)15-9;/h5-13,16H,2-4H2,1H3;1H. The molecule has 0 radical (unpaired) electrons. The molecular formula is C9H20ClNO5S. The molecule has 1 rings (SSSR count). The molecule has 5 unspecified atom stereocenters. The van der Waals surface area contributed by atoms with Crippen molar-refractivity contribution in [2.45, 2.75) is 30.6 Å². The number of thiol groups is 1. The largest absolute Gasteiger partial charge is 0.394 e. The van der Waals surface area contributed by atoms with Crippen LogP contribution in [0.5, 0.6) is 0 Å². The quantitative estimate of drug-likeness (QED) is 0.391. The molecular weight excluding hydrogens is 270 g/mol. The highest BCUT2D eigenvalue weighted by Crippen LogP contribution is 2.21. The maximum atomic E-state index is 9.86. The Morgan fingerprint density at radius 2 is 2.00 bits per heavy atom. The Morgan fingerprint density at radius 1 is 1.35 bits per heavy atom. The van der Waals surface area contributed by atoms with Gasteiger partial charge >= 0.3 is 0 Å². The second kappa shape index (κ2) is 8.49. The van der Waals surface area contributed by atoms with Crippen LogP contribution in [0.1, 0.15) is 0 Å². The summed E-state index contributed by atoms with van der Waals surface area (Å²) in [5.74, 6) is 0.582. The maximum absolute atomic E-state index is 9.86. The van der Waals surface area contributed by atoms with E-state index in [2.05, 4.69) is 17.9 Å². The lowest BCUT2D eigenvalue weighted by molar-refractivity contribution is -0.271. The van der Waals surface area contributed by atoms with E-state index in [4.69, 9.17) is 14.6 Å². The van der Waals surface area contributed by atoms with E-state index >= 15 is 0 Å². The summed E-state index contributed by atoms with van der Waals surface area (Å²) in [6, 6.07) is -0.594. The van der Waals surface area contributed by atoms with Crippen LogP contribution in [-0.4, -0.2) is 72.0 Å². The SMILES string of the molecule is COC1OC(CO)C(O)C(NCCS)C1O.Cl. The molecule has 17 heavy (non-hydrogen) atoms. The zero-order valence-corrected chi connectivity index (χ0v) is 11.2. The first kappa shape index (κ1) is 17.4. The highest BCUT2D eigenvalue weighted by molar-refractivity contribution is 7.80. The predicted molar refractivity (Wildman–Crippen MR) is 67.7 cm³/mol. The van der Waals surface area contributed by atoms with Crippen molar-refractivity contribution >= 4 is 25.0 Å². The van der Waals surface area contributed by atoms with E-state index in [1.54, 1.807) is 0 Å². The molecule has 1 heterocycles. The third kappa shape index (κ3) is 4.22. The van der Waals surface area contributed by atoms with Crippen LogP contribution in [-0.2, 0) is 9.47 Å². The lowest BCUT2D eigenvalue weighted by Gasteiger charge is -2.41. The minimum Gasteiger partial charge on any atom is -0.394 e. The number of nitrogens with one attached hydrogen (secondary N) is 1. The van der Waals surface area contributed by atoms with Gasteiger partial charge in [-0.05, 0) is 0 Å². The molecule has 0 amide bonds. The van der Waals surface area contributed by atoms with Crippen molar-refractivity contribution in [3.63, 3.8) is 0 Å². The summed E-state index contributed by atoms with van der Waals surface area (Å²) in [5.41, 5.74) is 0. The molecule has 1 fully saturated rings. The number of aliphatic hydroxyl groups excluding tert-OH is 3. The summed E-state index contributed by atoms with van der Waals surface area (Å²) >= 11 is 4.03. The van der Waals surface area contributed by atoms with Gasteiger partial charge in [0.05, 0.1) is 12.6 Å². The third-order valence-electron chi connectivity index (χ3n) is 2.61. The third-order valence-corrected chi connectivity index (χ3v) is 2.83. The topological polar surface area (TPSA) is 91.2 Å². The summed E-state index contributed by atoms with van der Waals surface area (Å²) in [6.45, 7) is 0.212. The van der Waals surface area contributed by atoms with Gasteiger partial charge < -0.3 is 30.1 Å². The van der Waals surface area contributed by atoms with Crippen molar-refractivity contribution in [3.05, 3.63) is 0 Å². The minimum atomic E-state index is -0.984. The average Bonchev–Trinajstić information content (AvgIpc) is 2.29. The molecule has 0 spiro atoms. The summed E-state index contributed by atoms with van der Waals surface area (Å²) in [5, 5.41) is 31.7. The number of aliphatic hydroxyl groups is 3. The fourth-order valence-electron chi connectivity index (χ4n) is 1.75. The van der Waals surface area contributed by atoms with Crippen molar-refractivity contribution < 1.29 is 24.8 Å². The Labute approximate surface area is 112 Å². The van der Waals surface area contributed by atoms with Gasteiger partial charge in [-0.3, -0.25) is 0 Å². The zero-order valence-electron chi connectivity index (χ0n) is 9.52. The van der Waals surface area contributed by atoms with Gasteiger partial charge in [-0.1, -0.05) is 0 Å². The maximum Gasteiger partial charge on any atom is 0.185 e. The van der Waals surface area contributed by atoms with Crippen molar-refractivity contribution in [2.24, 2.45) is 0 Å². The average molecular weight is 290 g/mol. The van der Waals surface area contributed by atoms with Gasteiger partial charge in [-0.15, -0.1) is 12.4 Å². The highest BCUT2D eigenvalue weighted by atomic mass is 35.5. The van der Waals surface area contributed by atoms with E-state index in [1.165, 1.54) is 7.11 Å². The van der Waals surface area contributed by atoms with Gasteiger partial charge in [0.2, 0.25) is 0 Å². The molecule has 0 aromatic carbocycles. The Kier molecular flexibility index (Phi) is 8.69. The Hall–Kier alpha value is 0.400. The van der Waals surface area contributed by atoms with Gasteiger partial charge in [-0.2, -0.15) is 12.6 Å². The molecule has 104 valence electrons. The summed E-state index contributed by atoms with van der Waals surface area (Å²) in [7, 11) is 1.40. The fraction of sp³-hybridized carbons (Fsp3) is 1.00. The van der Waals surface area contributed by atoms with Crippen LogP contribution in [0.3, 0.4) is 0 Å². The fourth-order valence-corrected chi connectivity index (χ4v) is 1.88. The highest BCUT2D eigenvalue weighted by Gasteiger charge is 2.44. The van der Waals surface area contributed by atoms with Gasteiger partial charge in [-0.25, -0.2) is 0 Å². The van der Waals surface area contributed by atoms with Gasteiger partial charge in [0, 0.05) is 19.4 Å². The lowest BCUT2D eigenvalue weighted by atomic mass is 9.96. The number of methoxy groups -OCH3 is 1. The van der Waals surface area contributed by atoms with Crippen LogP contribution in [0.4, 0.5) is 0 Å². The van der Waals surface area contributed by atoms with Crippen molar-refractivity contribution in [3.8, 4) is 0 Å². The molecule has 5 atom stereocenters. The smallest absolute Gasteiger partial charge is 0.185 e. The molecule has 0 aromatic rings. The number of hydrogen-bond donors (Lipinski definition) is 5. The van der Waals surface area contributed by atoms with Crippen LogP contribution in [0, 0.1) is 0 Å². The van der Waals surface area contributed by atoms with E-state index in [0.29, 0.717) is 12.3 Å². The molecule has 6 nitrogen and oxygen atoms in total. The summed E-state index contributed by atoms with van der Waals surface area (Å²) < 4.78 is 10.1. The van der Waals surface area contributed by atoms with Gasteiger partial charge in [0.15, 0.2) is 6.29 Å². The first-order chi connectivity index (χ1) is 7.65. The van der Waals surface area contributed by atoms with E-state index in [1.807, 2.05) is 0 Å². The van der Waals surface area contributed by atoms with Crippen LogP contribution < -0.4 is 5.32 Å². The van der Waals surface area contributed by atoms with Gasteiger partial charge in [0.1, 0.15) is 18.3 Å². The summed E-state index contributed by atoms with van der Waals surface area (Å²) in [4.78, 5) is 0. The molecule has 0 bridgehead atoms. The normalized spacial score (nSPS) is 37.6. The van der Waals surface area contributed by atoms with E-state index in [-0.39, 0.29) is 19.0 Å². The van der Waals surface area contributed by atoms with Crippen LogP contribution in [0.15, 0.2) is 0 Å². The first-order valence-electron chi connectivity index (χ1n) is 5.15. The molecule has 1 saturated heterocycles. The van der Waals surface area contributed by atoms with Gasteiger partial charge in [0.25, 0.3) is 0 Å². The monoisotopic (exact) mass is 289 g/mol. The summed E-state index contributed by atoms with van der Waals surface area (Å²) in [6.07, 6.45) is -3.57. The molecule has 0 aliphatic carbocycles. The predicted octanol–water partition coefficient (Wildman–Crippen LogP) is -1.62. The Bertz CT molecular complexity index is 198. The molecule has 4 N–H and O–H groups in total.